The van der Waals surface area contributed by atoms with E-state index in [1.54, 1.807) is 36.4 Å². The van der Waals surface area contributed by atoms with Crippen molar-refractivity contribution in [2.75, 3.05) is 13.1 Å². The van der Waals surface area contributed by atoms with Crippen LogP contribution in [0.15, 0.2) is 54.6 Å². The van der Waals surface area contributed by atoms with Gasteiger partial charge in [0.05, 0.1) is 12.6 Å². The number of guanidine groups is 1. The predicted molar refractivity (Wildman–Crippen MR) is 145 cm³/mol. The van der Waals surface area contributed by atoms with Gasteiger partial charge in [0.25, 0.3) is 0 Å². The summed E-state index contributed by atoms with van der Waals surface area (Å²) in [4.78, 5) is 50.2. The number of carbonyl (C=O) groups excluding carboxylic acids is 4. The first kappa shape index (κ1) is 30.6. The molecular weight excluding hydrogens is 504 g/mol. The van der Waals surface area contributed by atoms with Gasteiger partial charge in [-0.2, -0.15) is 0 Å². The molecule has 2 aromatic rings. The average molecular weight is 541 g/mol. The Bertz CT molecular complexity index is 1130. The van der Waals surface area contributed by atoms with Crippen LogP contribution in [-0.4, -0.2) is 65.9 Å². The third-order valence-electron chi connectivity index (χ3n) is 5.70. The molecule has 0 aliphatic heterocycles. The second-order valence-electron chi connectivity index (χ2n) is 8.96. The second kappa shape index (κ2) is 15.6. The summed E-state index contributed by atoms with van der Waals surface area (Å²) >= 11 is 0. The van der Waals surface area contributed by atoms with Gasteiger partial charge in [-0.15, -0.1) is 0 Å². The van der Waals surface area contributed by atoms with Gasteiger partial charge < -0.3 is 43.6 Å². The normalized spacial score (nSPS) is 12.8. The molecule has 12 N–H and O–H groups in total. The molecule has 0 aliphatic carbocycles. The Morgan fingerprint density at radius 3 is 2.03 bits per heavy atom. The summed E-state index contributed by atoms with van der Waals surface area (Å²) in [6.07, 6.45) is 0.815. The zero-order chi connectivity index (χ0) is 28.8. The van der Waals surface area contributed by atoms with E-state index in [0.717, 1.165) is 11.1 Å². The van der Waals surface area contributed by atoms with Crippen LogP contribution in [0.2, 0.25) is 0 Å². The third kappa shape index (κ3) is 11.5. The smallest absolute Gasteiger partial charge is 0.243 e. The average Bonchev–Trinajstić information content (AvgIpc) is 2.90. The molecule has 2 aromatic carbocycles. The first-order valence-corrected chi connectivity index (χ1v) is 12.4. The summed E-state index contributed by atoms with van der Waals surface area (Å²) in [5, 5.41) is 27.1. The molecule has 2 rings (SSSR count). The van der Waals surface area contributed by atoms with Crippen molar-refractivity contribution in [3.8, 4) is 5.75 Å². The molecule has 0 saturated heterocycles. The summed E-state index contributed by atoms with van der Waals surface area (Å²) in [5.74, 6) is -2.71. The highest BCUT2D eigenvalue weighted by atomic mass is 16.3. The molecule has 0 aromatic heterocycles. The highest BCUT2D eigenvalue weighted by molar-refractivity contribution is 5.94. The molecule has 0 unspecified atom stereocenters. The minimum Gasteiger partial charge on any atom is -0.508 e. The van der Waals surface area contributed by atoms with E-state index in [0.29, 0.717) is 6.42 Å². The molecule has 13 heteroatoms. The molecule has 0 aliphatic rings. The number of amides is 4. The minimum absolute atomic E-state index is 0.0811. The lowest BCUT2D eigenvalue weighted by molar-refractivity contribution is -0.133. The molecule has 0 bridgehead atoms. The van der Waals surface area contributed by atoms with Gasteiger partial charge in [0.15, 0.2) is 5.96 Å². The van der Waals surface area contributed by atoms with Crippen LogP contribution in [-0.2, 0) is 32.0 Å². The van der Waals surface area contributed by atoms with Gasteiger partial charge >= 0.3 is 0 Å². The van der Waals surface area contributed by atoms with Crippen LogP contribution in [0.5, 0.6) is 5.75 Å². The lowest BCUT2D eigenvalue weighted by Gasteiger charge is -2.24. The van der Waals surface area contributed by atoms with E-state index < -0.39 is 48.3 Å². The van der Waals surface area contributed by atoms with Gasteiger partial charge in [-0.1, -0.05) is 42.5 Å². The van der Waals surface area contributed by atoms with Gasteiger partial charge in [-0.3, -0.25) is 24.6 Å². The summed E-state index contributed by atoms with van der Waals surface area (Å²) < 4.78 is 0. The fraction of sp³-hybridized carbons (Fsp3) is 0.346. The molecule has 3 atom stereocenters. The second-order valence-corrected chi connectivity index (χ2v) is 8.96. The number of nitrogens with two attached hydrogens (primary N) is 3. The highest BCUT2D eigenvalue weighted by Crippen LogP contribution is 2.11. The SMILES string of the molecule is N=C(N)NCCC[C@@H](NC(=O)[C@@H](N)Cc1ccc(O)cc1)C(=O)N[C@@H](Cc1ccccc1)C(=O)NCC(N)=O. The van der Waals surface area contributed by atoms with E-state index in [4.69, 9.17) is 22.6 Å². The van der Waals surface area contributed by atoms with Gasteiger partial charge in [-0.25, -0.2) is 0 Å². The topological polar surface area (TPSA) is 239 Å². The number of hydrogen-bond acceptors (Lipinski definition) is 7. The van der Waals surface area contributed by atoms with E-state index in [9.17, 15) is 24.3 Å². The van der Waals surface area contributed by atoms with Crippen molar-refractivity contribution in [2.24, 2.45) is 17.2 Å². The number of nitrogens with one attached hydrogen (secondary N) is 5. The number of carbonyl (C=O) groups is 4. The number of benzene rings is 2. The number of phenols is 1. The van der Waals surface area contributed by atoms with Gasteiger partial charge in [0.1, 0.15) is 17.8 Å². The Labute approximate surface area is 226 Å². The summed E-state index contributed by atoms with van der Waals surface area (Å²) in [6.45, 7) is -0.121. The van der Waals surface area contributed by atoms with Crippen molar-refractivity contribution in [2.45, 2.75) is 43.8 Å². The molecule has 0 saturated carbocycles. The van der Waals surface area contributed by atoms with Crippen molar-refractivity contribution in [1.82, 2.24) is 21.3 Å². The van der Waals surface area contributed by atoms with Gasteiger partial charge in [0, 0.05) is 13.0 Å². The first-order valence-electron chi connectivity index (χ1n) is 12.4. The summed E-state index contributed by atoms with van der Waals surface area (Å²) in [6, 6.07) is 12.1. The number of aromatic hydroxyl groups is 1. The molecule has 4 amide bonds. The number of rotatable bonds is 15. The molecule has 0 fully saturated rings. The van der Waals surface area contributed by atoms with Crippen LogP contribution >= 0.6 is 0 Å². The Morgan fingerprint density at radius 1 is 0.795 bits per heavy atom. The van der Waals surface area contributed by atoms with E-state index >= 15 is 0 Å². The standard InChI is InChI=1S/C26H36N8O5/c27-19(13-17-8-10-18(35)11-9-17)23(37)33-20(7-4-12-31-26(29)30)25(39)34-21(24(38)32-15-22(28)36)14-16-5-2-1-3-6-16/h1-3,5-6,8-11,19-21,35H,4,7,12-15,27H2,(H2,28,36)(H,32,38)(H,33,37)(H,34,39)(H4,29,30,31)/t19-,20+,21-/m0/s1. The minimum atomic E-state index is -1.06. The maximum absolute atomic E-state index is 13.3. The fourth-order valence-electron chi connectivity index (χ4n) is 3.68. The quantitative estimate of drug-likeness (QED) is 0.0718. The zero-order valence-electron chi connectivity index (χ0n) is 21.5. The van der Waals surface area contributed by atoms with Crippen LogP contribution < -0.4 is 38.5 Å². The van der Waals surface area contributed by atoms with E-state index in [1.165, 1.54) is 12.1 Å². The summed E-state index contributed by atoms with van der Waals surface area (Å²) in [5.41, 5.74) is 18.0. The van der Waals surface area contributed by atoms with E-state index in [2.05, 4.69) is 21.3 Å². The highest BCUT2D eigenvalue weighted by Gasteiger charge is 2.28. The summed E-state index contributed by atoms with van der Waals surface area (Å²) in [7, 11) is 0. The van der Waals surface area contributed by atoms with Crippen molar-refractivity contribution in [1.29, 1.82) is 5.41 Å². The molecule has 0 spiro atoms. The maximum atomic E-state index is 13.3. The Balaban J connectivity index is 2.14. The van der Waals surface area contributed by atoms with Crippen molar-refractivity contribution in [3.63, 3.8) is 0 Å². The van der Waals surface area contributed by atoms with Gasteiger partial charge in [0.2, 0.25) is 23.6 Å². The first-order chi connectivity index (χ1) is 18.5. The van der Waals surface area contributed by atoms with Crippen LogP contribution in [0.3, 0.4) is 0 Å². The van der Waals surface area contributed by atoms with Crippen molar-refractivity contribution in [3.05, 3.63) is 65.7 Å². The van der Waals surface area contributed by atoms with Crippen molar-refractivity contribution < 1.29 is 24.3 Å². The number of primary amides is 1. The van der Waals surface area contributed by atoms with E-state index in [-0.39, 0.29) is 37.5 Å². The fourth-order valence-corrected chi connectivity index (χ4v) is 3.68. The monoisotopic (exact) mass is 540 g/mol. The number of hydrogen-bond donors (Lipinski definition) is 9. The van der Waals surface area contributed by atoms with Crippen LogP contribution in [0, 0.1) is 5.41 Å². The Kier molecular flexibility index (Phi) is 12.2. The Hall–Kier alpha value is -4.65. The maximum Gasteiger partial charge on any atom is 0.243 e. The molecule has 13 nitrogen and oxygen atoms in total. The lowest BCUT2D eigenvalue weighted by Crippen LogP contribution is -2.57. The van der Waals surface area contributed by atoms with Crippen molar-refractivity contribution >= 4 is 29.6 Å². The molecule has 39 heavy (non-hydrogen) atoms. The zero-order valence-corrected chi connectivity index (χ0v) is 21.5. The van der Waals surface area contributed by atoms with Crippen LogP contribution in [0.4, 0.5) is 0 Å². The molecule has 0 heterocycles. The molecule has 210 valence electrons. The van der Waals surface area contributed by atoms with Crippen LogP contribution in [0.25, 0.3) is 0 Å². The molecular formula is C26H36N8O5. The number of phenolic OH excluding ortho intramolecular Hbond substituents is 1. The third-order valence-corrected chi connectivity index (χ3v) is 5.70. The predicted octanol–water partition coefficient (Wildman–Crippen LogP) is -1.66. The lowest BCUT2D eigenvalue weighted by atomic mass is 10.0. The van der Waals surface area contributed by atoms with Gasteiger partial charge in [-0.05, 0) is 42.5 Å². The van der Waals surface area contributed by atoms with Crippen LogP contribution in [0.1, 0.15) is 24.0 Å². The Morgan fingerprint density at radius 2 is 1.41 bits per heavy atom. The largest absolute Gasteiger partial charge is 0.508 e. The molecule has 0 radical (unpaired) electrons. The van der Waals surface area contributed by atoms with E-state index in [1.807, 2.05) is 6.07 Å².